The van der Waals surface area contributed by atoms with Crippen molar-refractivity contribution in [3.8, 4) is 0 Å². The third kappa shape index (κ3) is 5.05. The molecule has 0 saturated carbocycles. The summed E-state index contributed by atoms with van der Waals surface area (Å²) in [6.45, 7) is 4.01. The molecule has 0 saturated heterocycles. The molecule has 0 aliphatic carbocycles. The van der Waals surface area contributed by atoms with Crippen LogP contribution in [-0.4, -0.2) is 15.5 Å². The Morgan fingerprint density at radius 3 is 2.72 bits per heavy atom. The van der Waals surface area contributed by atoms with Crippen molar-refractivity contribution in [2.45, 2.75) is 58.4 Å². The molecule has 25 heavy (non-hydrogen) atoms. The molecule has 5 nitrogen and oxygen atoms in total. The first-order valence-corrected chi connectivity index (χ1v) is 9.27. The molecule has 0 radical (unpaired) electrons. The molecule has 1 heterocycles. The molecule has 1 aromatic heterocycles. The quantitative estimate of drug-likeness (QED) is 0.717. The molecule has 1 unspecified atom stereocenters. The van der Waals surface area contributed by atoms with E-state index in [1.165, 1.54) is 23.8 Å². The lowest BCUT2D eigenvalue weighted by Gasteiger charge is -2.17. The molecular formula is C19H26ClN3O2. The third-order valence-electron chi connectivity index (χ3n) is 4.35. The SMILES string of the molecule is CCCCCCCC(=O)NC(C)c1nc2cc(Cl)ccc2c(=O)n1C. The number of halogens is 1. The Balaban J connectivity index is 2.08. The molecule has 136 valence electrons. The highest BCUT2D eigenvalue weighted by Crippen LogP contribution is 2.17. The lowest BCUT2D eigenvalue weighted by molar-refractivity contribution is -0.121. The molecular weight excluding hydrogens is 338 g/mol. The summed E-state index contributed by atoms with van der Waals surface area (Å²) in [6, 6.07) is 4.68. The number of amides is 1. The molecule has 1 aromatic carbocycles. The Labute approximate surface area is 153 Å². The Bertz CT molecular complexity index is 801. The van der Waals surface area contributed by atoms with Gasteiger partial charge in [-0.2, -0.15) is 0 Å². The molecule has 0 spiro atoms. The fourth-order valence-electron chi connectivity index (χ4n) is 2.92. The summed E-state index contributed by atoms with van der Waals surface area (Å²) in [5.74, 6) is 0.517. The predicted molar refractivity (Wildman–Crippen MR) is 102 cm³/mol. The average Bonchev–Trinajstić information content (AvgIpc) is 2.57. The minimum atomic E-state index is -0.343. The summed E-state index contributed by atoms with van der Waals surface area (Å²) in [7, 11) is 1.67. The largest absolute Gasteiger partial charge is 0.346 e. The van der Waals surface area contributed by atoms with Crippen LogP contribution in [0.2, 0.25) is 5.02 Å². The third-order valence-corrected chi connectivity index (χ3v) is 4.58. The van der Waals surface area contributed by atoms with Gasteiger partial charge in [-0.25, -0.2) is 4.98 Å². The first kappa shape index (κ1) is 19.4. The van der Waals surface area contributed by atoms with E-state index in [0.29, 0.717) is 28.2 Å². The highest BCUT2D eigenvalue weighted by molar-refractivity contribution is 6.31. The number of unbranched alkanes of at least 4 members (excludes halogenated alkanes) is 4. The van der Waals surface area contributed by atoms with Gasteiger partial charge in [-0.05, 0) is 31.5 Å². The molecule has 0 aliphatic heterocycles. The van der Waals surface area contributed by atoms with Crippen LogP contribution in [0, 0.1) is 0 Å². The van der Waals surface area contributed by atoms with Crippen LogP contribution in [0.5, 0.6) is 0 Å². The van der Waals surface area contributed by atoms with Gasteiger partial charge < -0.3 is 5.32 Å². The van der Waals surface area contributed by atoms with Crippen molar-refractivity contribution in [2.75, 3.05) is 0 Å². The minimum absolute atomic E-state index is 0.00978. The van der Waals surface area contributed by atoms with Gasteiger partial charge in [-0.15, -0.1) is 0 Å². The van der Waals surface area contributed by atoms with E-state index in [4.69, 9.17) is 11.6 Å². The topological polar surface area (TPSA) is 64.0 Å². The van der Waals surface area contributed by atoms with Crippen molar-refractivity contribution in [1.29, 1.82) is 0 Å². The number of carbonyl (C=O) groups excluding carboxylic acids is 1. The maximum atomic E-state index is 12.5. The number of carbonyl (C=O) groups is 1. The van der Waals surface area contributed by atoms with Crippen molar-refractivity contribution in [3.05, 3.63) is 39.4 Å². The standard InChI is InChI=1S/C19H26ClN3O2/c1-4-5-6-7-8-9-17(24)21-13(2)18-22-16-12-14(20)10-11-15(16)19(25)23(18)3/h10-13H,4-9H2,1-3H3,(H,21,24). The van der Waals surface area contributed by atoms with Crippen LogP contribution in [0.4, 0.5) is 0 Å². The fourth-order valence-corrected chi connectivity index (χ4v) is 3.08. The monoisotopic (exact) mass is 363 g/mol. The van der Waals surface area contributed by atoms with E-state index in [1.54, 1.807) is 25.2 Å². The second-order valence-corrected chi connectivity index (χ2v) is 6.89. The van der Waals surface area contributed by atoms with Gasteiger partial charge in [0.05, 0.1) is 16.9 Å². The highest BCUT2D eigenvalue weighted by atomic mass is 35.5. The van der Waals surface area contributed by atoms with E-state index < -0.39 is 0 Å². The number of rotatable bonds is 8. The van der Waals surface area contributed by atoms with Crippen LogP contribution in [0.15, 0.2) is 23.0 Å². The number of nitrogens with zero attached hydrogens (tertiary/aromatic N) is 2. The van der Waals surface area contributed by atoms with Gasteiger partial charge in [0.15, 0.2) is 0 Å². The van der Waals surface area contributed by atoms with Crippen molar-refractivity contribution in [2.24, 2.45) is 7.05 Å². The van der Waals surface area contributed by atoms with Gasteiger partial charge in [-0.3, -0.25) is 14.2 Å². The zero-order valence-corrected chi connectivity index (χ0v) is 15.9. The van der Waals surface area contributed by atoms with Gasteiger partial charge in [0, 0.05) is 18.5 Å². The smallest absolute Gasteiger partial charge is 0.261 e. The normalized spacial score (nSPS) is 12.3. The van der Waals surface area contributed by atoms with E-state index in [-0.39, 0.29) is 17.5 Å². The Morgan fingerprint density at radius 2 is 2.00 bits per heavy atom. The number of aromatic nitrogens is 2. The van der Waals surface area contributed by atoms with E-state index in [1.807, 2.05) is 6.92 Å². The van der Waals surface area contributed by atoms with Gasteiger partial charge in [0.25, 0.3) is 5.56 Å². The van der Waals surface area contributed by atoms with Crippen LogP contribution >= 0.6 is 11.6 Å². The first-order chi connectivity index (χ1) is 11.9. The summed E-state index contributed by atoms with van der Waals surface area (Å²) in [4.78, 5) is 29.2. The second kappa shape index (κ2) is 8.99. The Kier molecular flexibility index (Phi) is 7.00. The summed E-state index contributed by atoms with van der Waals surface area (Å²) in [5, 5.41) is 3.99. The van der Waals surface area contributed by atoms with Crippen LogP contribution < -0.4 is 10.9 Å². The van der Waals surface area contributed by atoms with Gasteiger partial charge >= 0.3 is 0 Å². The fraction of sp³-hybridized carbons (Fsp3) is 0.526. The zero-order chi connectivity index (χ0) is 18.4. The zero-order valence-electron chi connectivity index (χ0n) is 15.1. The first-order valence-electron chi connectivity index (χ1n) is 8.89. The Morgan fingerprint density at radius 1 is 1.28 bits per heavy atom. The number of nitrogens with one attached hydrogen (secondary N) is 1. The molecule has 2 aromatic rings. The van der Waals surface area contributed by atoms with Gasteiger partial charge in [-0.1, -0.05) is 44.2 Å². The molecule has 0 aliphatic rings. The summed E-state index contributed by atoms with van der Waals surface area (Å²) in [6.07, 6.45) is 6.03. The summed E-state index contributed by atoms with van der Waals surface area (Å²) in [5.41, 5.74) is 0.406. The maximum absolute atomic E-state index is 12.5. The molecule has 1 atom stereocenters. The van der Waals surface area contributed by atoms with E-state index in [9.17, 15) is 9.59 Å². The minimum Gasteiger partial charge on any atom is -0.346 e. The maximum Gasteiger partial charge on any atom is 0.261 e. The van der Waals surface area contributed by atoms with E-state index >= 15 is 0 Å². The number of fused-ring (bicyclic) bond motifs is 1. The van der Waals surface area contributed by atoms with Crippen LogP contribution in [0.3, 0.4) is 0 Å². The predicted octanol–water partition coefficient (Wildman–Crippen LogP) is 4.12. The van der Waals surface area contributed by atoms with Crippen LogP contribution in [0.1, 0.15) is 64.2 Å². The van der Waals surface area contributed by atoms with Crippen molar-refractivity contribution < 1.29 is 4.79 Å². The summed E-state index contributed by atoms with van der Waals surface area (Å²) >= 11 is 6.00. The van der Waals surface area contributed by atoms with Crippen LogP contribution in [-0.2, 0) is 11.8 Å². The molecule has 0 bridgehead atoms. The number of hydrogen-bond donors (Lipinski definition) is 1. The second-order valence-electron chi connectivity index (χ2n) is 6.45. The number of benzene rings is 1. The lowest BCUT2D eigenvalue weighted by Crippen LogP contribution is -2.32. The van der Waals surface area contributed by atoms with E-state index in [2.05, 4.69) is 17.2 Å². The van der Waals surface area contributed by atoms with Crippen LogP contribution in [0.25, 0.3) is 10.9 Å². The van der Waals surface area contributed by atoms with E-state index in [0.717, 1.165) is 12.8 Å². The Hall–Kier alpha value is -1.88. The van der Waals surface area contributed by atoms with Gasteiger partial charge in [0.1, 0.15) is 5.82 Å². The lowest BCUT2D eigenvalue weighted by atomic mass is 10.1. The van der Waals surface area contributed by atoms with Crippen molar-refractivity contribution in [3.63, 3.8) is 0 Å². The number of hydrogen-bond acceptors (Lipinski definition) is 3. The molecule has 1 N–H and O–H groups in total. The highest BCUT2D eigenvalue weighted by Gasteiger charge is 2.16. The van der Waals surface area contributed by atoms with Crippen molar-refractivity contribution >= 4 is 28.4 Å². The van der Waals surface area contributed by atoms with Gasteiger partial charge in [0.2, 0.25) is 5.91 Å². The molecule has 6 heteroatoms. The summed E-state index contributed by atoms with van der Waals surface area (Å²) < 4.78 is 1.49. The molecule has 1 amide bonds. The van der Waals surface area contributed by atoms with Crippen molar-refractivity contribution in [1.82, 2.24) is 14.9 Å². The molecule has 0 fully saturated rings. The average molecular weight is 364 g/mol. The molecule has 2 rings (SSSR count).